The summed E-state index contributed by atoms with van der Waals surface area (Å²) in [7, 11) is 1.70. The summed E-state index contributed by atoms with van der Waals surface area (Å²) in [4.78, 5) is 27.5. The third-order valence-corrected chi connectivity index (χ3v) is 6.49. The number of hydrogen-bond donors (Lipinski definition) is 0. The molecule has 3 aliphatic rings. The lowest BCUT2D eigenvalue weighted by Crippen LogP contribution is -2.44. The maximum Gasteiger partial charge on any atom is 0.289 e. The number of rotatable bonds is 1. The van der Waals surface area contributed by atoms with E-state index in [2.05, 4.69) is 6.92 Å². The van der Waals surface area contributed by atoms with Gasteiger partial charge in [-0.05, 0) is 36.5 Å². The number of alkyl halides is 1. The predicted molar refractivity (Wildman–Crippen MR) is 95.4 cm³/mol. The zero-order valence-corrected chi connectivity index (χ0v) is 15.6. The topological polar surface area (TPSA) is 46.6 Å². The Morgan fingerprint density at radius 3 is 2.52 bits per heavy atom. The van der Waals surface area contributed by atoms with E-state index < -0.39 is 6.04 Å². The van der Waals surface area contributed by atoms with E-state index in [-0.39, 0.29) is 40.8 Å². The van der Waals surface area contributed by atoms with Crippen LogP contribution >= 0.6 is 23.2 Å². The minimum atomic E-state index is -0.429. The van der Waals surface area contributed by atoms with Crippen LogP contribution in [0.25, 0.3) is 0 Å². The van der Waals surface area contributed by atoms with Crippen molar-refractivity contribution in [3.63, 3.8) is 0 Å². The second-order valence-electron chi connectivity index (χ2n) is 7.20. The van der Waals surface area contributed by atoms with Gasteiger partial charge in [0.1, 0.15) is 6.10 Å². The fraction of sp³-hybridized carbons (Fsp3) is 0.474. The predicted octanol–water partition coefficient (Wildman–Crippen LogP) is 3.73. The van der Waals surface area contributed by atoms with Gasteiger partial charge in [-0.3, -0.25) is 9.59 Å². The number of benzene rings is 1. The lowest BCUT2D eigenvalue weighted by molar-refractivity contribution is -0.135. The molecule has 1 aromatic carbocycles. The van der Waals surface area contributed by atoms with Crippen LogP contribution in [0.2, 0.25) is 5.02 Å². The lowest BCUT2D eigenvalue weighted by atomic mass is 9.74. The highest BCUT2D eigenvalue weighted by molar-refractivity contribution is 6.30. The SMILES string of the molecule is CC1CC2OC3=C(C(=O)C2CC1Cl)C(c1ccc(Cl)cc1)N(C)C3=O. The van der Waals surface area contributed by atoms with Crippen LogP contribution in [0.1, 0.15) is 31.4 Å². The van der Waals surface area contributed by atoms with Crippen molar-refractivity contribution in [1.82, 2.24) is 4.90 Å². The Bertz CT molecular complexity index is 773. The highest BCUT2D eigenvalue weighted by Gasteiger charge is 2.52. The number of likely N-dealkylation sites (N-methyl/N-ethyl adjacent to an activating group) is 1. The molecule has 6 heteroatoms. The normalized spacial score (nSPS) is 34.7. The molecule has 2 aliphatic heterocycles. The van der Waals surface area contributed by atoms with Gasteiger partial charge in [0.05, 0.1) is 17.5 Å². The van der Waals surface area contributed by atoms with Gasteiger partial charge in [-0.1, -0.05) is 30.7 Å². The molecule has 1 aromatic rings. The molecule has 0 radical (unpaired) electrons. The average Bonchev–Trinajstić information content (AvgIpc) is 2.83. The van der Waals surface area contributed by atoms with Crippen LogP contribution < -0.4 is 0 Å². The van der Waals surface area contributed by atoms with E-state index in [1.165, 1.54) is 0 Å². The fourth-order valence-corrected chi connectivity index (χ4v) is 4.59. The molecule has 1 saturated carbocycles. The van der Waals surface area contributed by atoms with Crippen LogP contribution in [-0.2, 0) is 14.3 Å². The molecule has 25 heavy (non-hydrogen) atoms. The number of fused-ring (bicyclic) bond motifs is 1. The summed E-state index contributed by atoms with van der Waals surface area (Å²) in [5.41, 5.74) is 1.32. The van der Waals surface area contributed by atoms with Crippen LogP contribution in [0.4, 0.5) is 0 Å². The maximum atomic E-state index is 13.2. The molecule has 1 amide bonds. The van der Waals surface area contributed by atoms with Crippen LogP contribution in [0.15, 0.2) is 35.6 Å². The molecule has 132 valence electrons. The largest absolute Gasteiger partial charge is 0.483 e. The van der Waals surface area contributed by atoms with E-state index in [0.29, 0.717) is 23.4 Å². The first kappa shape index (κ1) is 16.9. The van der Waals surface area contributed by atoms with Crippen molar-refractivity contribution in [2.75, 3.05) is 7.05 Å². The summed E-state index contributed by atoms with van der Waals surface area (Å²) in [5, 5.41) is 0.572. The molecule has 5 atom stereocenters. The Balaban J connectivity index is 1.76. The third kappa shape index (κ3) is 2.58. The summed E-state index contributed by atoms with van der Waals surface area (Å²) in [6.45, 7) is 2.06. The van der Waals surface area contributed by atoms with E-state index in [1.54, 1.807) is 24.1 Å². The van der Waals surface area contributed by atoms with Crippen molar-refractivity contribution in [3.8, 4) is 0 Å². The van der Waals surface area contributed by atoms with Crippen molar-refractivity contribution in [2.45, 2.75) is 37.3 Å². The molecular weight excluding hydrogens is 361 g/mol. The smallest absolute Gasteiger partial charge is 0.289 e. The summed E-state index contributed by atoms with van der Waals surface area (Å²) in [6, 6.07) is 6.80. The molecule has 0 aromatic heterocycles. The van der Waals surface area contributed by atoms with Gasteiger partial charge in [0.2, 0.25) is 0 Å². The maximum absolute atomic E-state index is 13.2. The molecule has 1 fully saturated rings. The molecular formula is C19H19Cl2NO3. The van der Waals surface area contributed by atoms with Crippen LogP contribution in [0, 0.1) is 11.8 Å². The van der Waals surface area contributed by atoms with Crippen molar-refractivity contribution in [2.24, 2.45) is 11.8 Å². The average molecular weight is 380 g/mol. The second kappa shape index (κ2) is 6.03. The van der Waals surface area contributed by atoms with Gasteiger partial charge >= 0.3 is 0 Å². The van der Waals surface area contributed by atoms with Gasteiger partial charge in [-0.2, -0.15) is 0 Å². The minimum absolute atomic E-state index is 0.00134. The Hall–Kier alpha value is -1.52. The first-order valence-electron chi connectivity index (χ1n) is 8.50. The Kier molecular flexibility index (Phi) is 4.08. The van der Waals surface area contributed by atoms with Gasteiger partial charge in [0, 0.05) is 17.4 Å². The van der Waals surface area contributed by atoms with E-state index >= 15 is 0 Å². The van der Waals surface area contributed by atoms with Crippen molar-refractivity contribution >= 4 is 34.9 Å². The van der Waals surface area contributed by atoms with Gasteiger partial charge in [-0.15, -0.1) is 11.6 Å². The number of ketones is 1. The second-order valence-corrected chi connectivity index (χ2v) is 8.20. The van der Waals surface area contributed by atoms with Crippen LogP contribution in [-0.4, -0.2) is 35.1 Å². The highest BCUT2D eigenvalue weighted by atomic mass is 35.5. The third-order valence-electron chi connectivity index (χ3n) is 5.63. The van der Waals surface area contributed by atoms with Gasteiger partial charge in [0.25, 0.3) is 5.91 Å². The number of carbonyl (C=O) groups excluding carboxylic acids is 2. The quantitative estimate of drug-likeness (QED) is 0.698. The summed E-state index contributed by atoms with van der Waals surface area (Å²) < 4.78 is 6.04. The Morgan fingerprint density at radius 1 is 1.16 bits per heavy atom. The molecule has 2 heterocycles. The van der Waals surface area contributed by atoms with E-state index in [4.69, 9.17) is 27.9 Å². The molecule has 5 unspecified atom stereocenters. The van der Waals surface area contributed by atoms with Gasteiger partial charge < -0.3 is 9.64 Å². The molecule has 4 rings (SSSR count). The standard InChI is InChI=1S/C19H19Cl2NO3/c1-9-7-14-12(8-13(9)21)17(23)15-16(10-3-5-11(20)6-4-10)22(2)19(24)18(15)25-14/h3-6,9,12-14,16H,7-8H2,1-2H3. The van der Waals surface area contributed by atoms with Gasteiger partial charge in [-0.25, -0.2) is 0 Å². The summed E-state index contributed by atoms with van der Waals surface area (Å²) >= 11 is 12.4. The zero-order valence-electron chi connectivity index (χ0n) is 14.0. The Morgan fingerprint density at radius 2 is 1.84 bits per heavy atom. The number of hydrogen-bond acceptors (Lipinski definition) is 3. The summed E-state index contributed by atoms with van der Waals surface area (Å²) in [6.07, 6.45) is 1.04. The van der Waals surface area contributed by atoms with Crippen LogP contribution in [0.3, 0.4) is 0 Å². The fourth-order valence-electron chi connectivity index (χ4n) is 4.17. The minimum Gasteiger partial charge on any atom is -0.483 e. The molecule has 0 saturated heterocycles. The number of amides is 1. The van der Waals surface area contributed by atoms with Crippen molar-refractivity contribution in [3.05, 3.63) is 46.2 Å². The van der Waals surface area contributed by atoms with E-state index in [1.807, 2.05) is 12.1 Å². The van der Waals surface area contributed by atoms with Crippen molar-refractivity contribution < 1.29 is 14.3 Å². The number of Topliss-reactive ketones (excluding diaryl/α,β-unsaturated/α-hetero) is 1. The van der Waals surface area contributed by atoms with Crippen LogP contribution in [0.5, 0.6) is 0 Å². The van der Waals surface area contributed by atoms with Crippen molar-refractivity contribution in [1.29, 1.82) is 0 Å². The van der Waals surface area contributed by atoms with Gasteiger partial charge in [0.15, 0.2) is 11.5 Å². The number of nitrogens with zero attached hydrogens (tertiary/aromatic N) is 1. The van der Waals surface area contributed by atoms with E-state index in [0.717, 1.165) is 5.56 Å². The molecule has 0 N–H and O–H groups in total. The monoisotopic (exact) mass is 379 g/mol. The first-order chi connectivity index (χ1) is 11.9. The lowest BCUT2D eigenvalue weighted by Gasteiger charge is -2.39. The Labute approximate surface area is 156 Å². The highest BCUT2D eigenvalue weighted by Crippen LogP contribution is 2.47. The summed E-state index contributed by atoms with van der Waals surface area (Å²) in [5.74, 6) is -0.0245. The number of halogens is 2. The zero-order chi connectivity index (χ0) is 17.9. The molecule has 4 nitrogen and oxygen atoms in total. The number of carbonyl (C=O) groups is 2. The molecule has 0 bridgehead atoms. The number of ether oxygens (including phenoxy) is 1. The first-order valence-corrected chi connectivity index (χ1v) is 9.31. The molecule has 1 aliphatic carbocycles. The molecule has 0 spiro atoms. The van der Waals surface area contributed by atoms with E-state index in [9.17, 15) is 9.59 Å².